The van der Waals surface area contributed by atoms with Gasteiger partial charge in [0.05, 0.1) is 0 Å². The van der Waals surface area contributed by atoms with Crippen LogP contribution in [0.2, 0.25) is 0 Å². The summed E-state index contributed by atoms with van der Waals surface area (Å²) in [6.07, 6.45) is 0. The molecular weight excluding hydrogens is 324 g/mol. The van der Waals surface area contributed by atoms with Crippen LogP contribution in [0.1, 0.15) is 10.4 Å². The number of nitrogens with zero attached hydrogens (tertiary/aromatic N) is 1. The van der Waals surface area contributed by atoms with Crippen molar-refractivity contribution >= 4 is 32.9 Å². The molecule has 0 aliphatic rings. The average molecular weight is 338 g/mol. The highest BCUT2D eigenvalue weighted by atomic mass is 79.9. The highest BCUT2D eigenvalue weighted by Crippen LogP contribution is 2.21. The molecule has 1 aromatic carbocycles. The highest BCUT2D eigenvalue weighted by molar-refractivity contribution is 9.10. The predicted molar refractivity (Wildman–Crippen MR) is 70.2 cm³/mol. The first-order valence-electron chi connectivity index (χ1n) is 4.76. The van der Waals surface area contributed by atoms with E-state index in [0.717, 1.165) is 0 Å². The first kappa shape index (κ1) is 17.2. The first-order valence-corrected chi connectivity index (χ1v) is 6.63. The van der Waals surface area contributed by atoms with Crippen molar-refractivity contribution in [3.05, 3.63) is 28.2 Å². The summed E-state index contributed by atoms with van der Waals surface area (Å²) in [6, 6.07) is 4.46. The summed E-state index contributed by atoms with van der Waals surface area (Å²) >= 11 is 0.751. The van der Waals surface area contributed by atoms with E-state index < -0.39 is 11.1 Å². The molecule has 0 aliphatic carbocycles. The average Bonchev–Trinajstić information content (AvgIpc) is 2.29. The van der Waals surface area contributed by atoms with Crippen molar-refractivity contribution in [3.8, 4) is 0 Å². The number of benzene rings is 1. The molecule has 6 nitrogen and oxygen atoms in total. The topological polar surface area (TPSA) is 92.7 Å². The number of carbonyl (C=O) groups is 1. The summed E-state index contributed by atoms with van der Waals surface area (Å²) in [5.41, 5.74) is 2.10. The summed E-state index contributed by atoms with van der Waals surface area (Å²) in [5.74, 6) is -0.228. The zero-order valence-corrected chi connectivity index (χ0v) is 12.5. The van der Waals surface area contributed by atoms with Crippen molar-refractivity contribution in [1.29, 1.82) is 0 Å². The molecule has 0 saturated heterocycles. The zero-order chi connectivity index (χ0) is 14.3. The summed E-state index contributed by atoms with van der Waals surface area (Å²) < 4.78 is 22.1. The van der Waals surface area contributed by atoms with Gasteiger partial charge in [-0.15, -0.1) is 0 Å². The molecule has 0 aliphatic heterocycles. The lowest BCUT2D eigenvalue weighted by atomic mass is 10.2. The quantitative estimate of drug-likeness (QED) is 0.620. The van der Waals surface area contributed by atoms with Gasteiger partial charge in [-0.2, -0.15) is 0 Å². The number of hydrogen-bond acceptors (Lipinski definition) is 5. The maximum Gasteiger partial charge on any atom is 0.253 e. The number of halogens is 1. The van der Waals surface area contributed by atoms with E-state index in [-0.39, 0.29) is 10.8 Å². The second-order valence-corrected chi connectivity index (χ2v) is 5.07. The monoisotopic (exact) mass is 337 g/mol. The molecule has 1 aromatic rings. The minimum absolute atomic E-state index is 0.0858. The van der Waals surface area contributed by atoms with Crippen LogP contribution < -0.4 is 5.48 Å². The Morgan fingerprint density at radius 3 is 2.39 bits per heavy atom. The Morgan fingerprint density at radius 1 is 1.50 bits per heavy atom. The Bertz CT molecular complexity index is 440. The van der Waals surface area contributed by atoms with Crippen LogP contribution in [-0.2, 0) is 11.1 Å². The van der Waals surface area contributed by atoms with Crippen LogP contribution in [0.4, 0.5) is 0 Å². The SMILES string of the molecule is CN(C)C(=O)c1ccc(Br)c(S(=O)[O-])c1.CNO. The Morgan fingerprint density at radius 2 is 2.00 bits per heavy atom. The molecule has 0 fully saturated rings. The van der Waals surface area contributed by atoms with E-state index in [0.29, 0.717) is 10.0 Å². The van der Waals surface area contributed by atoms with E-state index >= 15 is 0 Å². The number of nitrogens with one attached hydrogen (secondary N) is 1. The molecule has 1 atom stereocenters. The van der Waals surface area contributed by atoms with Crippen molar-refractivity contribution in [2.45, 2.75) is 4.90 Å². The third-order valence-corrected chi connectivity index (χ3v) is 3.41. The van der Waals surface area contributed by atoms with Gasteiger partial charge in [0.25, 0.3) is 5.91 Å². The first-order chi connectivity index (χ1) is 8.34. The van der Waals surface area contributed by atoms with Crippen molar-refractivity contribution in [1.82, 2.24) is 10.4 Å². The van der Waals surface area contributed by atoms with Gasteiger partial charge in [0.1, 0.15) is 0 Å². The number of amides is 1. The molecule has 1 rings (SSSR count). The standard InChI is InChI=1S/C9H10BrNO3S.CH5NO/c1-11(2)9(12)6-3-4-7(10)8(5-6)15(13)14;1-2-3/h3-5H,1-2H3,(H,13,14);2-3H,1H3/p-1. The maximum atomic E-state index is 11.5. The smallest absolute Gasteiger partial charge is 0.253 e. The van der Waals surface area contributed by atoms with Gasteiger partial charge in [-0.05, 0) is 45.2 Å². The molecule has 1 unspecified atom stereocenters. The van der Waals surface area contributed by atoms with E-state index in [1.165, 1.54) is 18.0 Å². The van der Waals surface area contributed by atoms with Crippen LogP contribution in [0.15, 0.2) is 27.6 Å². The van der Waals surface area contributed by atoms with Gasteiger partial charge >= 0.3 is 0 Å². The molecule has 102 valence electrons. The fourth-order valence-electron chi connectivity index (χ4n) is 1.02. The molecule has 0 saturated carbocycles. The van der Waals surface area contributed by atoms with E-state index in [1.54, 1.807) is 31.7 Å². The molecule has 0 spiro atoms. The third-order valence-electron chi connectivity index (χ3n) is 1.76. The molecule has 0 heterocycles. The summed E-state index contributed by atoms with van der Waals surface area (Å²) in [5, 5.41) is 7.32. The van der Waals surface area contributed by atoms with Crippen LogP contribution in [0.25, 0.3) is 0 Å². The zero-order valence-electron chi connectivity index (χ0n) is 10.1. The predicted octanol–water partition coefficient (Wildman–Crippen LogP) is 0.984. The number of hydroxylamine groups is 1. The number of rotatable bonds is 2. The Kier molecular flexibility index (Phi) is 7.96. The normalized spacial score (nSPS) is 11.2. The largest absolute Gasteiger partial charge is 0.768 e. The molecule has 0 aromatic heterocycles. The summed E-state index contributed by atoms with van der Waals surface area (Å²) in [4.78, 5) is 13.0. The molecule has 0 bridgehead atoms. The second kappa shape index (κ2) is 8.33. The van der Waals surface area contributed by atoms with E-state index in [9.17, 15) is 13.6 Å². The third kappa shape index (κ3) is 5.23. The molecule has 2 N–H and O–H groups in total. The van der Waals surface area contributed by atoms with Crippen LogP contribution in [0.3, 0.4) is 0 Å². The molecule has 0 radical (unpaired) electrons. The number of carbonyl (C=O) groups excluding carboxylic acids is 1. The van der Waals surface area contributed by atoms with Crippen molar-refractivity contribution in [3.63, 3.8) is 0 Å². The summed E-state index contributed by atoms with van der Waals surface area (Å²) in [7, 11) is 4.65. The highest BCUT2D eigenvalue weighted by Gasteiger charge is 2.10. The van der Waals surface area contributed by atoms with Gasteiger partial charge in [0.15, 0.2) is 0 Å². The number of hydrogen-bond donors (Lipinski definition) is 2. The van der Waals surface area contributed by atoms with Gasteiger partial charge in [-0.25, -0.2) is 5.48 Å². The van der Waals surface area contributed by atoms with Crippen LogP contribution in [-0.4, -0.2) is 45.9 Å². The molecule has 8 heteroatoms. The van der Waals surface area contributed by atoms with Gasteiger partial charge in [0.2, 0.25) is 0 Å². The maximum absolute atomic E-state index is 11.5. The van der Waals surface area contributed by atoms with Crippen molar-refractivity contribution in [2.24, 2.45) is 0 Å². The lowest BCUT2D eigenvalue weighted by Gasteiger charge is -2.13. The van der Waals surface area contributed by atoms with Gasteiger partial charge in [0, 0.05) is 36.1 Å². The molecular formula is C10H14BrN2O4S-. The van der Waals surface area contributed by atoms with Gasteiger partial charge in [-0.1, -0.05) is 0 Å². The van der Waals surface area contributed by atoms with Crippen molar-refractivity contribution in [2.75, 3.05) is 21.1 Å². The molecule has 1 amide bonds. The second-order valence-electron chi connectivity index (χ2n) is 3.30. The minimum Gasteiger partial charge on any atom is -0.768 e. The van der Waals surface area contributed by atoms with Gasteiger partial charge < -0.3 is 14.7 Å². The molecule has 18 heavy (non-hydrogen) atoms. The van der Waals surface area contributed by atoms with E-state index in [4.69, 9.17) is 5.21 Å². The Balaban J connectivity index is 0.000000873. The van der Waals surface area contributed by atoms with E-state index in [2.05, 4.69) is 15.9 Å². The Hall–Kier alpha value is -0.800. The van der Waals surface area contributed by atoms with Crippen LogP contribution in [0, 0.1) is 0 Å². The fraction of sp³-hybridized carbons (Fsp3) is 0.300. The van der Waals surface area contributed by atoms with E-state index in [1.807, 2.05) is 0 Å². The minimum atomic E-state index is -2.35. The lowest BCUT2D eigenvalue weighted by Crippen LogP contribution is -2.21. The lowest BCUT2D eigenvalue weighted by molar-refractivity contribution is 0.0827. The van der Waals surface area contributed by atoms with Gasteiger partial charge in [-0.3, -0.25) is 9.00 Å². The Labute approximate surface area is 116 Å². The summed E-state index contributed by atoms with van der Waals surface area (Å²) in [6.45, 7) is 0. The fourth-order valence-corrected chi connectivity index (χ4v) is 2.12. The van der Waals surface area contributed by atoms with Crippen LogP contribution >= 0.6 is 15.9 Å². The van der Waals surface area contributed by atoms with Crippen molar-refractivity contribution < 1.29 is 18.8 Å². The van der Waals surface area contributed by atoms with Crippen LogP contribution in [0.5, 0.6) is 0 Å².